The number of hydrazone groups is 1. The number of nitrogens with one attached hydrogen (secondary N) is 1. The third-order valence-corrected chi connectivity index (χ3v) is 5.31. The van der Waals surface area contributed by atoms with Crippen LogP contribution in [0.4, 0.5) is 0 Å². The molecule has 7 nitrogen and oxygen atoms in total. The van der Waals surface area contributed by atoms with Gasteiger partial charge in [-0.25, -0.2) is 10.4 Å². The van der Waals surface area contributed by atoms with E-state index in [1.165, 1.54) is 34.5 Å². The van der Waals surface area contributed by atoms with E-state index in [1.54, 1.807) is 24.3 Å². The van der Waals surface area contributed by atoms with Crippen LogP contribution in [-0.2, 0) is 11.3 Å². The molecule has 0 saturated carbocycles. The van der Waals surface area contributed by atoms with Crippen LogP contribution in [0.2, 0.25) is 0 Å². The third-order valence-electron chi connectivity index (χ3n) is 4.22. The van der Waals surface area contributed by atoms with Gasteiger partial charge in [0.15, 0.2) is 0 Å². The predicted molar refractivity (Wildman–Crippen MR) is 113 cm³/mol. The summed E-state index contributed by atoms with van der Waals surface area (Å²) in [5.41, 5.74) is 3.55. The van der Waals surface area contributed by atoms with Crippen molar-refractivity contribution in [3.63, 3.8) is 0 Å². The summed E-state index contributed by atoms with van der Waals surface area (Å²) in [7, 11) is 0. The standard InChI is InChI=1S/C21H16N4O3S/c26-17-9-5-4-8-15(17)11-23-24-19(27)12-25-13-22-20-16(21(25)28)10-18(29-20)14-6-2-1-3-7-14/h1-11,13,26H,12H2,(H,24,27)/b23-11-. The molecule has 144 valence electrons. The van der Waals surface area contributed by atoms with Gasteiger partial charge in [-0.05, 0) is 23.8 Å². The molecule has 0 aliphatic heterocycles. The molecule has 2 aromatic heterocycles. The Morgan fingerprint density at radius 3 is 2.72 bits per heavy atom. The number of aromatic hydroxyl groups is 1. The van der Waals surface area contributed by atoms with Crippen molar-refractivity contribution >= 4 is 33.7 Å². The molecule has 0 aliphatic rings. The first-order valence-electron chi connectivity index (χ1n) is 8.76. The molecule has 4 aromatic rings. The van der Waals surface area contributed by atoms with Gasteiger partial charge in [0.05, 0.1) is 17.9 Å². The maximum Gasteiger partial charge on any atom is 0.262 e. The van der Waals surface area contributed by atoms with Crippen molar-refractivity contribution in [3.05, 3.63) is 82.9 Å². The number of nitrogens with zero attached hydrogens (tertiary/aromatic N) is 3. The van der Waals surface area contributed by atoms with Crippen LogP contribution >= 0.6 is 11.3 Å². The van der Waals surface area contributed by atoms with E-state index in [0.29, 0.717) is 15.8 Å². The lowest BCUT2D eigenvalue weighted by Gasteiger charge is -2.03. The first-order chi connectivity index (χ1) is 14.1. The summed E-state index contributed by atoms with van der Waals surface area (Å²) in [6.07, 6.45) is 2.70. The number of thiophene rings is 1. The molecule has 0 fully saturated rings. The molecule has 1 amide bonds. The summed E-state index contributed by atoms with van der Waals surface area (Å²) in [6, 6.07) is 18.2. The van der Waals surface area contributed by atoms with Crippen LogP contribution in [0.25, 0.3) is 20.7 Å². The number of para-hydroxylation sites is 1. The first-order valence-corrected chi connectivity index (χ1v) is 9.58. The van der Waals surface area contributed by atoms with E-state index >= 15 is 0 Å². The minimum absolute atomic E-state index is 0.0584. The Kier molecular flexibility index (Phi) is 5.17. The van der Waals surface area contributed by atoms with Crippen molar-refractivity contribution in [1.82, 2.24) is 15.0 Å². The molecular weight excluding hydrogens is 388 g/mol. The molecule has 2 heterocycles. The van der Waals surface area contributed by atoms with Gasteiger partial charge in [-0.2, -0.15) is 5.10 Å². The van der Waals surface area contributed by atoms with Gasteiger partial charge in [-0.3, -0.25) is 14.2 Å². The van der Waals surface area contributed by atoms with Gasteiger partial charge < -0.3 is 5.11 Å². The molecule has 8 heteroatoms. The second-order valence-corrected chi connectivity index (χ2v) is 7.26. The average molecular weight is 404 g/mol. The summed E-state index contributed by atoms with van der Waals surface area (Å²) in [6.45, 7) is -0.212. The number of hydrogen-bond acceptors (Lipinski definition) is 6. The normalized spacial score (nSPS) is 11.2. The number of carbonyl (C=O) groups is 1. The van der Waals surface area contributed by atoms with E-state index in [4.69, 9.17) is 0 Å². The molecule has 0 aliphatic carbocycles. The number of carbonyl (C=O) groups excluding carboxylic acids is 1. The Morgan fingerprint density at radius 2 is 1.93 bits per heavy atom. The highest BCUT2D eigenvalue weighted by molar-refractivity contribution is 7.21. The van der Waals surface area contributed by atoms with Crippen molar-refractivity contribution in [2.75, 3.05) is 0 Å². The van der Waals surface area contributed by atoms with Gasteiger partial charge in [-0.1, -0.05) is 42.5 Å². The lowest BCUT2D eigenvalue weighted by molar-refractivity contribution is -0.121. The number of phenolic OH excluding ortho intramolecular Hbond substituents is 1. The third kappa shape index (κ3) is 4.07. The number of fused-ring (bicyclic) bond motifs is 1. The second-order valence-electron chi connectivity index (χ2n) is 6.23. The predicted octanol–water partition coefficient (Wildman–Crippen LogP) is 2.98. The molecule has 2 N–H and O–H groups in total. The first kappa shape index (κ1) is 18.6. The summed E-state index contributed by atoms with van der Waals surface area (Å²) < 4.78 is 1.24. The lowest BCUT2D eigenvalue weighted by atomic mass is 10.2. The highest BCUT2D eigenvalue weighted by Gasteiger charge is 2.12. The molecule has 0 atom stereocenters. The summed E-state index contributed by atoms with van der Waals surface area (Å²) in [5, 5.41) is 14.0. The van der Waals surface area contributed by atoms with Crippen molar-refractivity contribution in [2.45, 2.75) is 6.54 Å². The molecule has 29 heavy (non-hydrogen) atoms. The molecule has 2 aromatic carbocycles. The van der Waals surface area contributed by atoms with Gasteiger partial charge in [0, 0.05) is 10.4 Å². The summed E-state index contributed by atoms with van der Waals surface area (Å²) in [5.74, 6) is -0.415. The van der Waals surface area contributed by atoms with E-state index in [0.717, 1.165) is 10.4 Å². The number of hydrogen-bond donors (Lipinski definition) is 2. The van der Waals surface area contributed by atoms with Gasteiger partial charge in [-0.15, -0.1) is 11.3 Å². The van der Waals surface area contributed by atoms with Gasteiger partial charge in [0.25, 0.3) is 11.5 Å². The Bertz CT molecular complexity index is 1260. The lowest BCUT2D eigenvalue weighted by Crippen LogP contribution is -2.29. The minimum atomic E-state index is -0.474. The summed E-state index contributed by atoms with van der Waals surface area (Å²) in [4.78, 5) is 30.7. The zero-order valence-corrected chi connectivity index (χ0v) is 16.0. The fraction of sp³-hybridized carbons (Fsp3) is 0.0476. The highest BCUT2D eigenvalue weighted by atomic mass is 32.1. The second kappa shape index (κ2) is 8.07. The number of rotatable bonds is 5. The smallest absolute Gasteiger partial charge is 0.262 e. The van der Waals surface area contributed by atoms with Crippen molar-refractivity contribution in [1.29, 1.82) is 0 Å². The fourth-order valence-corrected chi connectivity index (χ4v) is 3.77. The van der Waals surface area contributed by atoms with Crippen molar-refractivity contribution in [2.24, 2.45) is 5.10 Å². The fourth-order valence-electron chi connectivity index (χ4n) is 2.78. The summed E-state index contributed by atoms with van der Waals surface area (Å²) >= 11 is 1.43. The van der Waals surface area contributed by atoms with Crippen LogP contribution in [0.5, 0.6) is 5.75 Å². The Morgan fingerprint density at radius 1 is 1.17 bits per heavy atom. The van der Waals surface area contributed by atoms with Crippen LogP contribution < -0.4 is 11.0 Å². The van der Waals surface area contributed by atoms with Gasteiger partial charge in [0.2, 0.25) is 0 Å². The molecule has 0 radical (unpaired) electrons. The van der Waals surface area contributed by atoms with E-state index in [-0.39, 0.29) is 17.9 Å². The van der Waals surface area contributed by atoms with Gasteiger partial charge in [0.1, 0.15) is 17.1 Å². The molecule has 0 saturated heterocycles. The molecule has 4 rings (SSSR count). The Labute approximate surface area is 169 Å². The monoisotopic (exact) mass is 404 g/mol. The number of benzene rings is 2. The quantitative estimate of drug-likeness (QED) is 0.395. The number of phenols is 1. The zero-order chi connectivity index (χ0) is 20.2. The van der Waals surface area contributed by atoms with E-state index < -0.39 is 5.91 Å². The van der Waals surface area contributed by atoms with E-state index in [1.807, 2.05) is 30.3 Å². The minimum Gasteiger partial charge on any atom is -0.507 e. The topological polar surface area (TPSA) is 96.6 Å². The maximum atomic E-state index is 12.7. The van der Waals surface area contributed by atoms with E-state index in [2.05, 4.69) is 15.5 Å². The maximum absolute atomic E-state index is 12.7. The van der Waals surface area contributed by atoms with Crippen LogP contribution in [0.15, 0.2) is 76.9 Å². The number of aromatic nitrogens is 2. The molecular formula is C21H16N4O3S. The van der Waals surface area contributed by atoms with Crippen LogP contribution in [0, 0.1) is 0 Å². The Hall–Kier alpha value is -3.78. The van der Waals surface area contributed by atoms with Crippen molar-refractivity contribution in [3.8, 4) is 16.2 Å². The van der Waals surface area contributed by atoms with Crippen LogP contribution in [-0.4, -0.2) is 26.8 Å². The van der Waals surface area contributed by atoms with Gasteiger partial charge >= 0.3 is 0 Å². The molecule has 0 unspecified atom stereocenters. The molecule has 0 bridgehead atoms. The average Bonchev–Trinajstić information content (AvgIpc) is 3.17. The number of amides is 1. The van der Waals surface area contributed by atoms with Crippen molar-refractivity contribution < 1.29 is 9.90 Å². The zero-order valence-electron chi connectivity index (χ0n) is 15.1. The largest absolute Gasteiger partial charge is 0.507 e. The molecule has 0 spiro atoms. The van der Waals surface area contributed by atoms with Crippen LogP contribution in [0.1, 0.15) is 5.56 Å². The van der Waals surface area contributed by atoms with E-state index in [9.17, 15) is 14.7 Å². The van der Waals surface area contributed by atoms with Crippen LogP contribution in [0.3, 0.4) is 0 Å². The highest BCUT2D eigenvalue weighted by Crippen LogP contribution is 2.30. The Balaban J connectivity index is 1.51. The SMILES string of the molecule is O=C(Cn1cnc2sc(-c3ccccc3)cc2c1=O)N/N=C\c1ccccc1O.